The third-order valence-corrected chi connectivity index (χ3v) is 1.36. The van der Waals surface area contributed by atoms with Gasteiger partial charge in [-0.15, -0.1) is 0 Å². The summed E-state index contributed by atoms with van der Waals surface area (Å²) >= 11 is 0. The molecule has 1 aromatic carbocycles. The molecule has 1 aliphatic heterocycles. The van der Waals surface area contributed by atoms with Crippen molar-refractivity contribution < 1.29 is 0 Å². The summed E-state index contributed by atoms with van der Waals surface area (Å²) in [5.74, 6) is 0. The predicted molar refractivity (Wildman–Crippen MR) is 38.7 cm³/mol. The molecule has 0 N–H and O–H groups in total. The fraction of sp³-hybridized carbons (Fsp3) is 0. The largest absolute Gasteiger partial charge is 0.278 e. The van der Waals surface area contributed by atoms with Crippen LogP contribution in [0.4, 0.5) is 0 Å². The highest BCUT2D eigenvalue weighted by Crippen LogP contribution is 1.70. The number of hydrogen-bond acceptors (Lipinski definition) is 2. The zero-order valence-electron chi connectivity index (χ0n) is 5.28. The summed E-state index contributed by atoms with van der Waals surface area (Å²) in [6.07, 6.45) is 3.61. The van der Waals surface area contributed by atoms with Gasteiger partial charge in [0, 0.05) is 11.3 Å². The molecule has 2 nitrogen and oxygen atoms in total. The number of rotatable bonds is 0. The van der Waals surface area contributed by atoms with Crippen molar-refractivity contribution in [3.05, 3.63) is 34.8 Å². The van der Waals surface area contributed by atoms with Gasteiger partial charge in [-0.05, 0) is 12.1 Å². The zero-order chi connectivity index (χ0) is 6.81. The fourth-order valence-corrected chi connectivity index (χ4v) is 0.870. The van der Waals surface area contributed by atoms with Crippen LogP contribution < -0.4 is 15.7 Å². The lowest BCUT2D eigenvalue weighted by Crippen LogP contribution is -2.27. The Hall–Kier alpha value is -1.44. The zero-order valence-corrected chi connectivity index (χ0v) is 5.28. The van der Waals surface area contributed by atoms with E-state index in [1.807, 2.05) is 24.3 Å². The Labute approximate surface area is 58.2 Å². The Morgan fingerprint density at radius 2 is 2.50 bits per heavy atom. The Bertz CT molecular complexity index is 339. The van der Waals surface area contributed by atoms with Gasteiger partial charge in [-0.3, -0.25) is 0 Å². The van der Waals surface area contributed by atoms with Crippen LogP contribution in [0.2, 0.25) is 0 Å². The van der Waals surface area contributed by atoms with Crippen molar-refractivity contribution in [1.29, 1.82) is 0 Å². The summed E-state index contributed by atoms with van der Waals surface area (Å²) in [7, 11) is 0. The van der Waals surface area contributed by atoms with E-state index in [4.69, 9.17) is 0 Å². The van der Waals surface area contributed by atoms with E-state index in [1.54, 1.807) is 6.21 Å². The molecule has 2 rings (SSSR count). The third-order valence-electron chi connectivity index (χ3n) is 1.36. The molecule has 0 aliphatic carbocycles. The van der Waals surface area contributed by atoms with Gasteiger partial charge in [-0.25, -0.2) is 0 Å². The molecule has 0 saturated heterocycles. The van der Waals surface area contributed by atoms with Gasteiger partial charge in [0.1, 0.15) is 5.36 Å². The lowest BCUT2D eigenvalue weighted by molar-refractivity contribution is 1.02. The van der Waals surface area contributed by atoms with Crippen molar-refractivity contribution in [2.45, 2.75) is 0 Å². The average Bonchev–Trinajstić information content (AvgIpc) is 2.05. The lowest BCUT2D eigenvalue weighted by Gasteiger charge is -1.81. The minimum absolute atomic E-state index is 0.894. The van der Waals surface area contributed by atoms with Crippen LogP contribution in [-0.4, -0.2) is 6.21 Å². The van der Waals surface area contributed by atoms with Gasteiger partial charge in [0.15, 0.2) is 0 Å². The summed E-state index contributed by atoms with van der Waals surface area (Å²) < 4.78 is 0. The van der Waals surface area contributed by atoms with E-state index < -0.39 is 0 Å². The first-order valence-electron chi connectivity index (χ1n) is 3.04. The molecule has 0 spiro atoms. The molecule has 2 radical (unpaired) electrons. The van der Waals surface area contributed by atoms with Crippen molar-refractivity contribution in [3.8, 4) is 0 Å². The molecule has 0 bridgehead atoms. The molecular weight excluding hydrogens is 124 g/mol. The van der Waals surface area contributed by atoms with Gasteiger partial charge in [0.25, 0.3) is 6.21 Å². The number of nitrogens with zero attached hydrogens (tertiary/aromatic N) is 2. The number of hydrogen-bond donors (Lipinski definition) is 0. The maximum absolute atomic E-state index is 3.90. The summed E-state index contributed by atoms with van der Waals surface area (Å²) in [6, 6.07) is 8.58. The molecule has 0 saturated carbocycles. The maximum atomic E-state index is 3.90. The quantitative estimate of drug-likeness (QED) is 0.439. The minimum Gasteiger partial charge on any atom is -0.0536 e. The second kappa shape index (κ2) is 2.06. The maximum Gasteiger partial charge on any atom is 0.278 e. The van der Waals surface area contributed by atoms with Crippen LogP contribution in [-0.2, 0) is 0 Å². The highest BCUT2D eigenvalue weighted by Gasteiger charge is 1.95. The van der Waals surface area contributed by atoms with Crippen LogP contribution in [0.15, 0.2) is 23.3 Å². The van der Waals surface area contributed by atoms with Gasteiger partial charge >= 0.3 is 0 Å². The monoisotopic (exact) mass is 129 g/mol. The Kier molecular flexibility index (Phi) is 1.10. The Morgan fingerprint density at radius 1 is 1.50 bits per heavy atom. The average molecular weight is 129 g/mol. The molecule has 0 aromatic heterocycles. The molecule has 2 heteroatoms. The van der Waals surface area contributed by atoms with E-state index in [0.717, 1.165) is 10.6 Å². The topological polar surface area (TPSA) is 26.5 Å². The van der Waals surface area contributed by atoms with Crippen molar-refractivity contribution in [1.82, 2.24) is 5.10 Å². The first kappa shape index (κ1) is 5.35. The van der Waals surface area contributed by atoms with E-state index in [-0.39, 0.29) is 0 Å². The van der Waals surface area contributed by atoms with E-state index in [0.29, 0.717) is 0 Å². The van der Waals surface area contributed by atoms with E-state index >= 15 is 0 Å². The van der Waals surface area contributed by atoms with Gasteiger partial charge < -0.3 is 0 Å². The summed E-state index contributed by atoms with van der Waals surface area (Å²) in [6.45, 7) is 0. The fourth-order valence-electron chi connectivity index (χ4n) is 0.870. The van der Waals surface area contributed by atoms with Gasteiger partial charge in [0.05, 0.1) is 5.10 Å². The van der Waals surface area contributed by atoms with Crippen LogP contribution in [0.5, 0.6) is 0 Å². The second-order valence-corrected chi connectivity index (χ2v) is 2.02. The first-order chi connectivity index (χ1) is 4.97. The van der Waals surface area contributed by atoms with Crippen LogP contribution in [0.25, 0.3) is 6.08 Å². The second-order valence-electron chi connectivity index (χ2n) is 2.02. The van der Waals surface area contributed by atoms with Crippen LogP contribution in [0.1, 0.15) is 0 Å². The highest BCUT2D eigenvalue weighted by atomic mass is 15.2. The SMILES string of the molecule is [c]1ccc2c(c1)=N[N+]=CC=2. The van der Waals surface area contributed by atoms with Crippen molar-refractivity contribution in [2.75, 3.05) is 0 Å². The molecule has 1 aliphatic rings. The van der Waals surface area contributed by atoms with Crippen molar-refractivity contribution in [2.24, 2.45) is 5.10 Å². The molecule has 0 amide bonds. The lowest BCUT2D eigenvalue weighted by atomic mass is 10.2. The van der Waals surface area contributed by atoms with Gasteiger partial charge in [-0.2, -0.15) is 0 Å². The molecule has 0 unspecified atom stereocenters. The molecular formula is C8H5N2+. The van der Waals surface area contributed by atoms with Crippen molar-refractivity contribution >= 4 is 12.3 Å². The Balaban J connectivity index is 2.92. The van der Waals surface area contributed by atoms with Gasteiger partial charge in [-0.1, -0.05) is 12.1 Å². The first-order valence-corrected chi connectivity index (χ1v) is 3.04. The van der Waals surface area contributed by atoms with Crippen molar-refractivity contribution in [3.63, 3.8) is 0 Å². The standard InChI is InChI=1S/C8H5N2/c1-2-4-8-7(3-1)5-6-9-10-8/h1,3-6H/q+1. The van der Waals surface area contributed by atoms with Crippen LogP contribution in [0.3, 0.4) is 0 Å². The molecule has 0 atom stereocenters. The molecule has 1 aromatic rings. The smallest absolute Gasteiger partial charge is 0.0536 e. The molecule has 1 heterocycles. The summed E-state index contributed by atoms with van der Waals surface area (Å²) in [5, 5.41) is 9.64. The highest BCUT2D eigenvalue weighted by molar-refractivity contribution is 5.90. The van der Waals surface area contributed by atoms with Gasteiger partial charge in [0.2, 0.25) is 5.10 Å². The molecule has 0 fully saturated rings. The van der Waals surface area contributed by atoms with Crippen LogP contribution in [0, 0.1) is 6.07 Å². The summed E-state index contributed by atoms with van der Waals surface area (Å²) in [5.41, 5.74) is 0. The normalized spacial score (nSPS) is 13.2. The van der Waals surface area contributed by atoms with E-state index in [2.05, 4.69) is 16.3 Å². The predicted octanol–water partition coefficient (Wildman–Crippen LogP) is -0.778. The molecule has 46 valence electrons. The Morgan fingerprint density at radius 3 is 3.40 bits per heavy atom. The minimum atomic E-state index is 0.894. The number of fused-ring (bicyclic) bond motifs is 1. The number of benzene rings is 1. The van der Waals surface area contributed by atoms with E-state index in [1.165, 1.54) is 0 Å². The molecule has 10 heavy (non-hydrogen) atoms. The van der Waals surface area contributed by atoms with E-state index in [9.17, 15) is 0 Å². The third kappa shape index (κ3) is 0.739. The van der Waals surface area contributed by atoms with Crippen LogP contribution >= 0.6 is 0 Å². The summed E-state index contributed by atoms with van der Waals surface area (Å²) in [4.78, 5) is 0.